The number of hydrogen-bond donors (Lipinski definition) is 2. The fourth-order valence-electron chi connectivity index (χ4n) is 4.88. The number of aromatic nitrogens is 3. The summed E-state index contributed by atoms with van der Waals surface area (Å²) in [6, 6.07) is 27.5. The number of fused-ring (bicyclic) bond motifs is 1. The van der Waals surface area contributed by atoms with Crippen molar-refractivity contribution in [2.75, 3.05) is 36.3 Å². The first kappa shape index (κ1) is 26.8. The van der Waals surface area contributed by atoms with Crippen molar-refractivity contribution in [2.45, 2.75) is 24.7 Å². The molecule has 0 bridgehead atoms. The fourth-order valence-corrected chi connectivity index (χ4v) is 5.94. The SMILES string of the molecule is Cc1ccc(S(=O)(=O)Nc2ccc(-c3cccc4nc(Nc5ccc(OCCN6CCCC6)cc5)nn34)cc2)cc1. The molecule has 0 aliphatic carbocycles. The van der Waals surface area contributed by atoms with Crippen LogP contribution in [0.1, 0.15) is 18.4 Å². The van der Waals surface area contributed by atoms with Gasteiger partial charge in [0.05, 0.1) is 10.6 Å². The zero-order chi connectivity index (χ0) is 28.2. The highest BCUT2D eigenvalue weighted by Crippen LogP contribution is 2.25. The van der Waals surface area contributed by atoms with E-state index in [0.717, 1.165) is 34.8 Å². The Hall–Kier alpha value is -4.41. The number of anilines is 3. The van der Waals surface area contributed by atoms with Gasteiger partial charge >= 0.3 is 0 Å². The molecular weight excluding hydrogens is 536 g/mol. The number of sulfonamides is 1. The van der Waals surface area contributed by atoms with E-state index in [2.05, 4.69) is 25.0 Å². The second-order valence-electron chi connectivity index (χ2n) is 10.2. The maximum Gasteiger partial charge on any atom is 0.261 e. The number of hydrogen-bond acceptors (Lipinski definition) is 7. The van der Waals surface area contributed by atoms with Gasteiger partial charge in [-0.2, -0.15) is 4.98 Å². The summed E-state index contributed by atoms with van der Waals surface area (Å²) in [5.74, 6) is 1.31. The van der Waals surface area contributed by atoms with Crippen LogP contribution >= 0.6 is 0 Å². The van der Waals surface area contributed by atoms with Crippen LogP contribution in [-0.4, -0.2) is 54.2 Å². The molecule has 210 valence electrons. The van der Waals surface area contributed by atoms with Gasteiger partial charge in [0, 0.05) is 23.5 Å². The Morgan fingerprint density at radius 3 is 2.29 bits per heavy atom. The van der Waals surface area contributed by atoms with Crippen molar-refractivity contribution in [3.63, 3.8) is 0 Å². The summed E-state index contributed by atoms with van der Waals surface area (Å²) < 4.78 is 35.8. The molecule has 0 unspecified atom stereocenters. The van der Waals surface area contributed by atoms with E-state index < -0.39 is 10.0 Å². The largest absolute Gasteiger partial charge is 0.492 e. The Morgan fingerprint density at radius 1 is 0.854 bits per heavy atom. The van der Waals surface area contributed by atoms with E-state index in [1.165, 1.54) is 25.9 Å². The highest BCUT2D eigenvalue weighted by atomic mass is 32.2. The van der Waals surface area contributed by atoms with Crippen LogP contribution in [0, 0.1) is 6.92 Å². The maximum atomic E-state index is 12.8. The van der Waals surface area contributed by atoms with Crippen molar-refractivity contribution in [3.05, 3.63) is 96.6 Å². The lowest BCUT2D eigenvalue weighted by atomic mass is 10.1. The highest BCUT2D eigenvalue weighted by molar-refractivity contribution is 7.92. The molecule has 0 amide bonds. The number of likely N-dealkylation sites (tertiary alicyclic amines) is 1. The summed E-state index contributed by atoms with van der Waals surface area (Å²) >= 11 is 0. The van der Waals surface area contributed by atoms with Gasteiger partial charge in [0.15, 0.2) is 5.65 Å². The van der Waals surface area contributed by atoms with Crippen LogP contribution in [0.4, 0.5) is 17.3 Å². The van der Waals surface area contributed by atoms with Gasteiger partial charge in [-0.05, 0) is 93.5 Å². The van der Waals surface area contributed by atoms with Crippen molar-refractivity contribution in [2.24, 2.45) is 0 Å². The standard InChI is InChI=1S/C31H32N6O3S/c1-23-7-17-28(18-8-23)41(38,39)35-26-11-9-24(10-12-26)29-5-4-6-30-33-31(34-37(29)30)32-25-13-15-27(16-14-25)40-22-21-36-19-2-3-20-36/h4-18,35H,2-3,19-22H2,1H3,(H,32,34). The van der Waals surface area contributed by atoms with Gasteiger partial charge in [0.1, 0.15) is 12.4 Å². The van der Waals surface area contributed by atoms with Crippen molar-refractivity contribution in [1.29, 1.82) is 0 Å². The molecule has 1 fully saturated rings. The molecule has 0 atom stereocenters. The third kappa shape index (κ3) is 6.34. The third-order valence-electron chi connectivity index (χ3n) is 7.11. The van der Waals surface area contributed by atoms with E-state index >= 15 is 0 Å². The van der Waals surface area contributed by atoms with Gasteiger partial charge in [-0.3, -0.25) is 9.62 Å². The average molecular weight is 569 g/mol. The molecule has 1 aliphatic heterocycles. The van der Waals surface area contributed by atoms with Crippen LogP contribution < -0.4 is 14.8 Å². The normalized spacial score (nSPS) is 13.9. The summed E-state index contributed by atoms with van der Waals surface area (Å²) in [5.41, 5.74) is 4.74. The van der Waals surface area contributed by atoms with E-state index in [1.54, 1.807) is 40.9 Å². The van der Waals surface area contributed by atoms with Crippen LogP contribution in [0.2, 0.25) is 0 Å². The molecule has 2 N–H and O–H groups in total. The van der Waals surface area contributed by atoms with E-state index in [9.17, 15) is 8.42 Å². The minimum atomic E-state index is -3.68. The molecule has 10 heteroatoms. The van der Waals surface area contributed by atoms with Crippen molar-refractivity contribution >= 4 is 33.0 Å². The van der Waals surface area contributed by atoms with Crippen LogP contribution in [0.15, 0.2) is 95.9 Å². The first-order chi connectivity index (χ1) is 19.9. The second kappa shape index (κ2) is 11.6. The second-order valence-corrected chi connectivity index (χ2v) is 11.8. The highest BCUT2D eigenvalue weighted by Gasteiger charge is 2.15. The lowest BCUT2D eigenvalue weighted by Gasteiger charge is -2.15. The lowest BCUT2D eigenvalue weighted by molar-refractivity contribution is 0.238. The minimum Gasteiger partial charge on any atom is -0.492 e. The Kier molecular flexibility index (Phi) is 7.58. The van der Waals surface area contributed by atoms with Gasteiger partial charge in [0.2, 0.25) is 5.95 Å². The number of rotatable bonds is 10. The van der Waals surface area contributed by atoms with Crippen LogP contribution in [0.3, 0.4) is 0 Å². The number of aryl methyl sites for hydroxylation is 1. The van der Waals surface area contributed by atoms with Crippen LogP contribution in [-0.2, 0) is 10.0 Å². The molecular formula is C31H32N6O3S. The summed E-state index contributed by atoms with van der Waals surface area (Å²) in [7, 11) is -3.68. The smallest absolute Gasteiger partial charge is 0.261 e. The number of ether oxygens (including phenoxy) is 1. The molecule has 0 radical (unpaired) electrons. The summed E-state index contributed by atoms with van der Waals surface area (Å²) in [6.07, 6.45) is 2.56. The molecule has 5 aromatic rings. The van der Waals surface area contributed by atoms with Crippen LogP contribution in [0.5, 0.6) is 5.75 Å². The molecule has 1 aliphatic rings. The average Bonchev–Trinajstić information content (AvgIpc) is 3.64. The molecule has 0 spiro atoms. The monoisotopic (exact) mass is 568 g/mol. The Morgan fingerprint density at radius 2 is 1.56 bits per heavy atom. The molecule has 41 heavy (non-hydrogen) atoms. The lowest BCUT2D eigenvalue weighted by Crippen LogP contribution is -2.25. The van der Waals surface area contributed by atoms with Gasteiger partial charge in [0.25, 0.3) is 10.0 Å². The summed E-state index contributed by atoms with van der Waals surface area (Å²) in [4.78, 5) is 7.28. The number of benzene rings is 3. The first-order valence-corrected chi connectivity index (χ1v) is 15.2. The van der Waals surface area contributed by atoms with Crippen LogP contribution in [0.25, 0.3) is 16.9 Å². The number of nitrogens with one attached hydrogen (secondary N) is 2. The Bertz CT molecular complexity index is 1730. The summed E-state index contributed by atoms with van der Waals surface area (Å²) in [6.45, 7) is 5.90. The quantitative estimate of drug-likeness (QED) is 0.222. The Labute approximate surface area is 239 Å². The minimum absolute atomic E-state index is 0.222. The summed E-state index contributed by atoms with van der Waals surface area (Å²) in [5, 5.41) is 7.95. The Balaban J connectivity index is 1.13. The van der Waals surface area contributed by atoms with Crippen molar-refractivity contribution < 1.29 is 13.2 Å². The third-order valence-corrected chi connectivity index (χ3v) is 8.51. The zero-order valence-electron chi connectivity index (χ0n) is 22.8. The molecule has 2 aromatic heterocycles. The number of nitrogens with zero attached hydrogens (tertiary/aromatic N) is 4. The van der Waals surface area contributed by atoms with Crippen molar-refractivity contribution in [3.8, 4) is 17.0 Å². The predicted octanol–water partition coefficient (Wildman–Crippen LogP) is 5.72. The zero-order valence-corrected chi connectivity index (χ0v) is 23.6. The van der Waals surface area contributed by atoms with Gasteiger partial charge < -0.3 is 10.1 Å². The first-order valence-electron chi connectivity index (χ1n) is 13.7. The molecule has 1 saturated heterocycles. The molecule has 0 saturated carbocycles. The maximum absolute atomic E-state index is 12.8. The topological polar surface area (TPSA) is 101 Å². The van der Waals surface area contributed by atoms with Gasteiger partial charge in [-0.25, -0.2) is 12.9 Å². The predicted molar refractivity (Wildman–Crippen MR) is 161 cm³/mol. The number of pyridine rings is 1. The molecule has 3 heterocycles. The van der Waals surface area contributed by atoms with Gasteiger partial charge in [-0.1, -0.05) is 35.9 Å². The van der Waals surface area contributed by atoms with E-state index in [-0.39, 0.29) is 4.90 Å². The van der Waals surface area contributed by atoms with E-state index in [0.29, 0.717) is 23.9 Å². The van der Waals surface area contributed by atoms with Gasteiger partial charge in [-0.15, -0.1) is 5.10 Å². The van der Waals surface area contributed by atoms with E-state index in [4.69, 9.17) is 4.74 Å². The van der Waals surface area contributed by atoms with Crippen molar-refractivity contribution in [1.82, 2.24) is 19.5 Å². The van der Waals surface area contributed by atoms with E-state index in [1.807, 2.05) is 61.5 Å². The molecule has 3 aromatic carbocycles. The molecule has 9 nitrogen and oxygen atoms in total. The fraction of sp³-hybridized carbons (Fsp3) is 0.226. The molecule has 6 rings (SSSR count).